The number of hydrogen-bond donors (Lipinski definition) is 2. The molecule has 0 unspecified atom stereocenters. The van der Waals surface area contributed by atoms with Gasteiger partial charge in [-0.2, -0.15) is 0 Å². The molecule has 1 heterocycles. The summed E-state index contributed by atoms with van der Waals surface area (Å²) in [5.74, 6) is 0.547. The van der Waals surface area contributed by atoms with Gasteiger partial charge in [-0.3, -0.25) is 0 Å². The second-order valence-corrected chi connectivity index (χ2v) is 7.37. The van der Waals surface area contributed by atoms with Gasteiger partial charge in [0.2, 0.25) is 0 Å². The molecule has 2 aliphatic rings. The van der Waals surface area contributed by atoms with E-state index in [4.69, 9.17) is 0 Å². The largest absolute Gasteiger partial charge is 0.331 e. The lowest BCUT2D eigenvalue weighted by Crippen LogP contribution is -2.41. The Morgan fingerprint density at radius 1 is 1.26 bits per heavy atom. The first-order valence-corrected chi connectivity index (χ1v) is 9.23. The Morgan fingerprint density at radius 3 is 2.91 bits per heavy atom. The number of amides is 2. The van der Waals surface area contributed by atoms with Crippen LogP contribution in [0.4, 0.5) is 4.79 Å². The summed E-state index contributed by atoms with van der Waals surface area (Å²) >= 11 is 1.62. The van der Waals surface area contributed by atoms with Crippen LogP contribution in [0, 0.1) is 5.92 Å². The van der Waals surface area contributed by atoms with Crippen LogP contribution in [0.15, 0.2) is 35.8 Å². The third-order valence-electron chi connectivity index (χ3n) is 4.77. The zero-order chi connectivity index (χ0) is 15.6. The Labute approximate surface area is 140 Å². The van der Waals surface area contributed by atoms with Crippen LogP contribution in [0.2, 0.25) is 0 Å². The highest BCUT2D eigenvalue weighted by molar-refractivity contribution is 7.09. The molecule has 1 aromatic heterocycles. The molecule has 120 valence electrons. The van der Waals surface area contributed by atoms with Gasteiger partial charge in [-0.1, -0.05) is 24.3 Å². The highest BCUT2D eigenvalue weighted by Crippen LogP contribution is 2.41. The van der Waals surface area contributed by atoms with Crippen LogP contribution < -0.4 is 10.6 Å². The minimum absolute atomic E-state index is 0.0637. The number of carbonyl (C=O) groups is 1. The van der Waals surface area contributed by atoms with Crippen LogP contribution >= 0.6 is 11.3 Å². The predicted octanol–water partition coefficient (Wildman–Crippen LogP) is 3.97. The summed E-state index contributed by atoms with van der Waals surface area (Å²) in [6.07, 6.45) is 7.41. The first kappa shape index (κ1) is 14.7. The molecule has 1 saturated carbocycles. The van der Waals surface area contributed by atoms with Crippen LogP contribution in [-0.4, -0.2) is 11.0 Å². The predicted molar refractivity (Wildman–Crippen MR) is 91.4 cm³/mol. The number of benzene rings is 1. The van der Waals surface area contributed by atoms with E-state index in [-0.39, 0.29) is 18.1 Å². The number of rotatable bonds is 4. The summed E-state index contributed by atoms with van der Waals surface area (Å²) in [7, 11) is 0. The molecule has 4 rings (SSSR count). The van der Waals surface area contributed by atoms with E-state index in [0.29, 0.717) is 5.92 Å². The van der Waals surface area contributed by atoms with Gasteiger partial charge in [0.05, 0.1) is 12.1 Å². The summed E-state index contributed by atoms with van der Waals surface area (Å²) in [4.78, 5) is 16.9. The van der Waals surface area contributed by atoms with Crippen molar-refractivity contribution in [3.63, 3.8) is 0 Å². The Morgan fingerprint density at radius 2 is 2.13 bits per heavy atom. The monoisotopic (exact) mass is 327 g/mol. The number of carbonyl (C=O) groups excluding carboxylic acids is 1. The Bertz CT molecular complexity index is 681. The molecule has 1 fully saturated rings. The molecule has 1 aromatic carbocycles. The summed E-state index contributed by atoms with van der Waals surface area (Å²) in [5, 5.41) is 9.33. The molecule has 0 radical (unpaired) electrons. The van der Waals surface area contributed by atoms with Crippen LogP contribution in [0.25, 0.3) is 0 Å². The highest BCUT2D eigenvalue weighted by atomic mass is 32.1. The smallest absolute Gasteiger partial charge is 0.315 e. The maximum absolute atomic E-state index is 12.5. The highest BCUT2D eigenvalue weighted by Gasteiger charge is 2.35. The Hall–Kier alpha value is -1.88. The molecule has 2 aliphatic carbocycles. The average Bonchev–Trinajstić information content (AvgIpc) is 3.27. The van der Waals surface area contributed by atoms with Gasteiger partial charge in [-0.05, 0) is 49.1 Å². The lowest BCUT2D eigenvalue weighted by Gasteiger charge is -2.27. The summed E-state index contributed by atoms with van der Waals surface area (Å²) in [5.41, 5.74) is 2.63. The van der Waals surface area contributed by atoms with Crippen molar-refractivity contribution in [2.75, 3.05) is 0 Å². The second kappa shape index (κ2) is 6.32. The number of hydrogen-bond acceptors (Lipinski definition) is 3. The molecule has 2 N–H and O–H groups in total. The van der Waals surface area contributed by atoms with Crippen molar-refractivity contribution in [2.45, 2.75) is 44.2 Å². The van der Waals surface area contributed by atoms with Gasteiger partial charge in [0.15, 0.2) is 0 Å². The van der Waals surface area contributed by atoms with Crippen LogP contribution in [0.5, 0.6) is 0 Å². The van der Waals surface area contributed by atoms with Crippen LogP contribution in [-0.2, 0) is 6.42 Å². The fraction of sp³-hybridized carbons (Fsp3) is 0.444. The fourth-order valence-electron chi connectivity index (χ4n) is 3.44. The molecule has 0 saturated heterocycles. The Balaban J connectivity index is 1.44. The van der Waals surface area contributed by atoms with E-state index < -0.39 is 0 Å². The van der Waals surface area contributed by atoms with Crippen molar-refractivity contribution in [1.82, 2.24) is 15.6 Å². The maximum Gasteiger partial charge on any atom is 0.315 e. The first-order chi connectivity index (χ1) is 11.3. The van der Waals surface area contributed by atoms with Crippen molar-refractivity contribution >= 4 is 17.4 Å². The molecular formula is C18H21N3OS. The third kappa shape index (κ3) is 3.24. The second-order valence-electron chi connectivity index (χ2n) is 6.45. The van der Waals surface area contributed by atoms with Gasteiger partial charge in [0.25, 0.3) is 0 Å². The van der Waals surface area contributed by atoms with E-state index in [2.05, 4.69) is 39.9 Å². The van der Waals surface area contributed by atoms with Crippen LogP contribution in [0.1, 0.15) is 53.9 Å². The van der Waals surface area contributed by atoms with E-state index in [1.54, 1.807) is 11.3 Å². The fourth-order valence-corrected chi connectivity index (χ4v) is 4.22. The van der Waals surface area contributed by atoms with Gasteiger partial charge in [-0.15, -0.1) is 11.3 Å². The van der Waals surface area contributed by atoms with Gasteiger partial charge >= 0.3 is 6.03 Å². The summed E-state index contributed by atoms with van der Waals surface area (Å²) in [6.45, 7) is 0. The molecule has 2 atom stereocenters. The number of nitrogens with zero attached hydrogens (tertiary/aromatic N) is 1. The van der Waals surface area contributed by atoms with Gasteiger partial charge < -0.3 is 10.6 Å². The molecule has 4 nitrogen and oxygen atoms in total. The molecule has 5 heteroatoms. The standard InChI is InChI=1S/C18H21N3OS/c22-18(21-16(13-8-9-13)17-19-10-11-23-17)20-15-7-3-5-12-4-1-2-6-14(12)15/h1-2,4,6,10-11,13,15-16H,3,5,7-9H2,(H2,20,21,22)/t15-,16-/m1/s1. The van der Waals surface area contributed by atoms with E-state index in [1.807, 2.05) is 11.6 Å². The number of aromatic nitrogens is 1. The van der Waals surface area contributed by atoms with Gasteiger partial charge in [-0.25, -0.2) is 9.78 Å². The number of urea groups is 1. The molecule has 2 amide bonds. The Kier molecular flexibility index (Phi) is 4.04. The summed E-state index contributed by atoms with van der Waals surface area (Å²) in [6, 6.07) is 8.55. The molecular weight excluding hydrogens is 306 g/mol. The van der Waals surface area contributed by atoms with Gasteiger partial charge in [0, 0.05) is 11.6 Å². The minimum Gasteiger partial charge on any atom is -0.331 e. The number of aryl methyl sites for hydroxylation is 1. The number of nitrogens with one attached hydrogen (secondary N) is 2. The maximum atomic E-state index is 12.5. The molecule has 2 aromatic rings. The molecule has 23 heavy (non-hydrogen) atoms. The van der Waals surface area contributed by atoms with E-state index >= 15 is 0 Å². The van der Waals surface area contributed by atoms with Crippen molar-refractivity contribution in [3.8, 4) is 0 Å². The molecule has 0 spiro atoms. The number of fused-ring (bicyclic) bond motifs is 1. The van der Waals surface area contributed by atoms with Crippen molar-refractivity contribution < 1.29 is 4.79 Å². The quantitative estimate of drug-likeness (QED) is 0.893. The lowest BCUT2D eigenvalue weighted by molar-refractivity contribution is 0.230. The zero-order valence-electron chi connectivity index (χ0n) is 13.0. The topological polar surface area (TPSA) is 54.0 Å². The van der Waals surface area contributed by atoms with Crippen molar-refractivity contribution in [3.05, 3.63) is 52.0 Å². The normalized spacial score (nSPS) is 21.3. The molecule has 0 aliphatic heterocycles. The van der Waals surface area contributed by atoms with Gasteiger partial charge in [0.1, 0.15) is 5.01 Å². The van der Waals surface area contributed by atoms with E-state index in [9.17, 15) is 4.79 Å². The van der Waals surface area contributed by atoms with E-state index in [0.717, 1.165) is 24.3 Å². The lowest BCUT2D eigenvalue weighted by atomic mass is 9.88. The number of thiazole rings is 1. The minimum atomic E-state index is -0.0706. The van der Waals surface area contributed by atoms with Crippen molar-refractivity contribution in [2.24, 2.45) is 5.92 Å². The SMILES string of the molecule is O=C(N[C@@H]1CCCc2ccccc21)N[C@@H](c1nccs1)C1CC1. The average molecular weight is 327 g/mol. The van der Waals surface area contributed by atoms with Crippen molar-refractivity contribution in [1.29, 1.82) is 0 Å². The zero-order valence-corrected chi connectivity index (χ0v) is 13.8. The molecule has 0 bridgehead atoms. The third-order valence-corrected chi connectivity index (χ3v) is 5.63. The summed E-state index contributed by atoms with van der Waals surface area (Å²) < 4.78 is 0. The first-order valence-electron chi connectivity index (χ1n) is 8.35. The van der Waals surface area contributed by atoms with E-state index in [1.165, 1.54) is 24.0 Å². The van der Waals surface area contributed by atoms with Crippen LogP contribution in [0.3, 0.4) is 0 Å².